The number of amidine groups is 1. The standard InChI is InChI=1S/C27H31N7O.H2/c1-19(15-20(11-13-28)22-16-21-5-3-4-6-25(21)32-17-22)27(35)33-23(12-14-31-2)7-10-26(30)34(18-29)24-8-9-24;/h3-7,11-18,24,28-31H,8-10H2,1-2H3,(H,33,35);1H/b14-12-,19-15+,20-11+,23-7+,28-13?,29-18?,30-26?;. The fraction of sp³-hybridized carbons (Fsp3) is 0.222. The number of amides is 1. The van der Waals surface area contributed by atoms with Crippen molar-refractivity contribution in [3.63, 3.8) is 0 Å². The third-order valence-electron chi connectivity index (χ3n) is 5.51. The van der Waals surface area contributed by atoms with Crippen molar-refractivity contribution >= 4 is 40.8 Å². The number of aromatic nitrogens is 1. The Kier molecular flexibility index (Phi) is 8.83. The number of hydrogen-bond donors (Lipinski definition) is 5. The Bertz CT molecular complexity index is 1240. The topological polar surface area (TPSA) is 129 Å². The molecule has 1 aromatic heterocycles. The van der Waals surface area contributed by atoms with Crippen LogP contribution in [0.5, 0.6) is 0 Å². The van der Waals surface area contributed by atoms with Gasteiger partial charge in [-0.3, -0.25) is 20.6 Å². The molecule has 2 aromatic rings. The highest BCUT2D eigenvalue weighted by molar-refractivity contribution is 5.99. The lowest BCUT2D eigenvalue weighted by Gasteiger charge is -2.18. The van der Waals surface area contributed by atoms with Crippen molar-refractivity contribution in [1.29, 1.82) is 16.2 Å². The molecule has 8 heteroatoms. The molecule has 0 spiro atoms. The first-order chi connectivity index (χ1) is 17.0. The van der Waals surface area contributed by atoms with E-state index in [1.165, 1.54) is 12.6 Å². The number of nitrogens with one attached hydrogen (secondary N) is 5. The number of rotatable bonds is 11. The summed E-state index contributed by atoms with van der Waals surface area (Å²) in [5.74, 6) is 0.0265. The van der Waals surface area contributed by atoms with Gasteiger partial charge < -0.3 is 20.9 Å². The second kappa shape index (κ2) is 12.2. The minimum Gasteiger partial charge on any atom is -0.394 e. The van der Waals surface area contributed by atoms with Gasteiger partial charge in [0.15, 0.2) is 0 Å². The molecule has 0 unspecified atom stereocenters. The third-order valence-corrected chi connectivity index (χ3v) is 5.51. The maximum Gasteiger partial charge on any atom is 0.251 e. The number of allylic oxidation sites excluding steroid dienone is 4. The quantitative estimate of drug-likeness (QED) is 0.142. The fourth-order valence-electron chi connectivity index (χ4n) is 3.48. The average Bonchev–Trinajstić information content (AvgIpc) is 3.70. The smallest absolute Gasteiger partial charge is 0.251 e. The van der Waals surface area contributed by atoms with E-state index in [4.69, 9.17) is 16.2 Å². The molecule has 0 aliphatic heterocycles. The van der Waals surface area contributed by atoms with Crippen molar-refractivity contribution in [3.8, 4) is 0 Å². The Labute approximate surface area is 207 Å². The van der Waals surface area contributed by atoms with Crippen molar-refractivity contribution in [3.05, 3.63) is 83.9 Å². The van der Waals surface area contributed by atoms with Crippen LogP contribution in [0.2, 0.25) is 0 Å². The summed E-state index contributed by atoms with van der Waals surface area (Å²) in [6.45, 7) is 1.72. The van der Waals surface area contributed by atoms with E-state index in [1.807, 2.05) is 30.3 Å². The SMILES string of the molecule is CN/C=C\C(=C/CC(=N)N(C=N)C1CC1)NC(=O)/C(C)=C/C(=C\C=N)c1cnc2ccccc2c1.[HH]. The Morgan fingerprint density at radius 3 is 2.74 bits per heavy atom. The van der Waals surface area contributed by atoms with Crippen LogP contribution in [-0.2, 0) is 4.79 Å². The molecule has 0 atom stereocenters. The Morgan fingerprint density at radius 1 is 1.29 bits per heavy atom. The lowest BCUT2D eigenvalue weighted by atomic mass is 10.0. The largest absolute Gasteiger partial charge is 0.394 e. The molecule has 182 valence electrons. The molecule has 1 aromatic carbocycles. The van der Waals surface area contributed by atoms with E-state index >= 15 is 0 Å². The van der Waals surface area contributed by atoms with Gasteiger partial charge in [-0.1, -0.05) is 24.3 Å². The summed E-state index contributed by atoms with van der Waals surface area (Å²) in [6.07, 6.45) is 15.0. The number of carbonyl (C=O) groups is 1. The van der Waals surface area contributed by atoms with Gasteiger partial charge in [-0.2, -0.15) is 0 Å². The van der Waals surface area contributed by atoms with E-state index in [0.29, 0.717) is 29.1 Å². The second-order valence-electron chi connectivity index (χ2n) is 8.19. The van der Waals surface area contributed by atoms with Crippen LogP contribution >= 0.6 is 0 Å². The summed E-state index contributed by atoms with van der Waals surface area (Å²) in [5, 5.41) is 30.2. The molecule has 0 bridgehead atoms. The van der Waals surface area contributed by atoms with Gasteiger partial charge in [-0.05, 0) is 61.9 Å². The second-order valence-corrected chi connectivity index (χ2v) is 8.19. The highest BCUT2D eigenvalue weighted by Crippen LogP contribution is 2.26. The minimum absolute atomic E-state index is 0. The van der Waals surface area contributed by atoms with Crippen LogP contribution in [0.3, 0.4) is 0 Å². The first-order valence-electron chi connectivity index (χ1n) is 11.4. The first-order valence-corrected chi connectivity index (χ1v) is 11.4. The summed E-state index contributed by atoms with van der Waals surface area (Å²) in [4.78, 5) is 19.1. The van der Waals surface area contributed by atoms with E-state index in [0.717, 1.165) is 29.3 Å². The lowest BCUT2D eigenvalue weighted by Crippen LogP contribution is -2.30. The van der Waals surface area contributed by atoms with Gasteiger partial charge in [0.1, 0.15) is 5.84 Å². The van der Waals surface area contributed by atoms with Crippen molar-refractivity contribution in [1.82, 2.24) is 20.5 Å². The molecule has 3 rings (SSSR count). The lowest BCUT2D eigenvalue weighted by molar-refractivity contribution is -0.116. The summed E-state index contributed by atoms with van der Waals surface area (Å²) in [7, 11) is 1.76. The highest BCUT2D eigenvalue weighted by atomic mass is 16.1. The zero-order chi connectivity index (χ0) is 25.2. The number of para-hydroxylation sites is 1. The predicted octanol–water partition coefficient (Wildman–Crippen LogP) is 4.63. The molecular weight excluding hydrogens is 438 g/mol. The highest BCUT2D eigenvalue weighted by Gasteiger charge is 2.29. The van der Waals surface area contributed by atoms with Gasteiger partial charge in [0.25, 0.3) is 5.91 Å². The summed E-state index contributed by atoms with van der Waals surface area (Å²) < 4.78 is 0. The van der Waals surface area contributed by atoms with E-state index in [-0.39, 0.29) is 13.4 Å². The van der Waals surface area contributed by atoms with Gasteiger partial charge in [-0.15, -0.1) is 0 Å². The first kappa shape index (κ1) is 25.3. The molecule has 8 nitrogen and oxygen atoms in total. The zero-order valence-corrected chi connectivity index (χ0v) is 20.0. The molecule has 1 heterocycles. The number of hydrogen-bond acceptors (Lipinski definition) is 6. The maximum absolute atomic E-state index is 13.0. The van der Waals surface area contributed by atoms with Crippen molar-refractivity contribution in [2.45, 2.75) is 32.2 Å². The number of benzene rings is 1. The van der Waals surface area contributed by atoms with Crippen LogP contribution in [0.4, 0.5) is 0 Å². The monoisotopic (exact) mass is 471 g/mol. The fourth-order valence-corrected chi connectivity index (χ4v) is 3.48. The molecule has 1 amide bonds. The van der Waals surface area contributed by atoms with Gasteiger partial charge in [0, 0.05) is 55.6 Å². The van der Waals surface area contributed by atoms with Crippen LogP contribution in [0, 0.1) is 16.2 Å². The van der Waals surface area contributed by atoms with E-state index in [9.17, 15) is 4.79 Å². The number of fused-ring (bicyclic) bond motifs is 1. The van der Waals surface area contributed by atoms with Gasteiger partial charge in [-0.25, -0.2) is 0 Å². The molecule has 1 aliphatic rings. The van der Waals surface area contributed by atoms with E-state index in [2.05, 4.69) is 15.6 Å². The van der Waals surface area contributed by atoms with Gasteiger partial charge in [0.2, 0.25) is 0 Å². The van der Waals surface area contributed by atoms with Crippen LogP contribution < -0.4 is 10.6 Å². The zero-order valence-electron chi connectivity index (χ0n) is 20.0. The summed E-state index contributed by atoms with van der Waals surface area (Å²) in [5.41, 5.74) is 3.40. The predicted molar refractivity (Wildman–Crippen MR) is 145 cm³/mol. The number of nitrogens with zero attached hydrogens (tertiary/aromatic N) is 2. The van der Waals surface area contributed by atoms with Crippen LogP contribution in [0.1, 0.15) is 33.2 Å². The van der Waals surface area contributed by atoms with Crippen LogP contribution in [0.25, 0.3) is 16.5 Å². The molecule has 5 N–H and O–H groups in total. The third kappa shape index (κ3) is 7.07. The number of pyridine rings is 1. The summed E-state index contributed by atoms with van der Waals surface area (Å²) >= 11 is 0. The van der Waals surface area contributed by atoms with Gasteiger partial charge in [0.05, 0.1) is 11.9 Å². The van der Waals surface area contributed by atoms with Crippen LogP contribution in [0.15, 0.2) is 78.3 Å². The minimum atomic E-state index is -0.292. The van der Waals surface area contributed by atoms with Crippen molar-refractivity contribution < 1.29 is 6.22 Å². The Morgan fingerprint density at radius 2 is 2.06 bits per heavy atom. The Hall–Kier alpha value is -4.33. The molecule has 1 aliphatic carbocycles. The van der Waals surface area contributed by atoms with Crippen molar-refractivity contribution in [2.24, 2.45) is 0 Å². The normalized spacial score (nSPS) is 14.6. The maximum atomic E-state index is 13.0. The number of carbonyl (C=O) groups excluding carboxylic acids is 1. The van der Waals surface area contributed by atoms with Crippen molar-refractivity contribution in [2.75, 3.05) is 7.05 Å². The Balaban J connectivity index is 0.00000456. The van der Waals surface area contributed by atoms with E-state index < -0.39 is 0 Å². The van der Waals surface area contributed by atoms with Crippen LogP contribution in [-0.4, -0.2) is 47.3 Å². The molecule has 0 radical (unpaired) electrons. The molecule has 35 heavy (non-hydrogen) atoms. The molecule has 1 fully saturated rings. The molecule has 0 saturated heterocycles. The van der Waals surface area contributed by atoms with E-state index in [1.54, 1.807) is 55.6 Å². The summed E-state index contributed by atoms with van der Waals surface area (Å²) in [6, 6.07) is 10.0. The van der Waals surface area contributed by atoms with Gasteiger partial charge >= 0.3 is 0 Å². The molecular formula is C27H33N7O. The average molecular weight is 472 g/mol. The molecule has 1 saturated carbocycles.